The first-order valence-corrected chi connectivity index (χ1v) is 12.2. The number of nitrogens with zero attached hydrogens (tertiary/aromatic N) is 2. The minimum Gasteiger partial charge on any atom is -0.444 e. The Morgan fingerprint density at radius 3 is 2.39 bits per heavy atom. The van der Waals surface area contributed by atoms with E-state index in [9.17, 15) is 9.59 Å². The third kappa shape index (κ3) is 7.06. The van der Waals surface area contributed by atoms with Crippen molar-refractivity contribution in [1.82, 2.24) is 10.2 Å². The largest absolute Gasteiger partial charge is 0.444 e. The summed E-state index contributed by atoms with van der Waals surface area (Å²) in [7, 11) is 0. The van der Waals surface area contributed by atoms with E-state index in [1.807, 2.05) is 20.8 Å². The molecule has 1 unspecified atom stereocenters. The van der Waals surface area contributed by atoms with Crippen molar-refractivity contribution in [1.29, 1.82) is 0 Å². The molecule has 0 radical (unpaired) electrons. The van der Waals surface area contributed by atoms with Crippen LogP contribution >= 0.6 is 0 Å². The Bertz CT molecular complexity index is 1130. The van der Waals surface area contributed by atoms with E-state index in [2.05, 4.69) is 10.3 Å². The predicted octanol–water partition coefficient (Wildman–Crippen LogP) is 5.74. The molecule has 2 amide bonds. The van der Waals surface area contributed by atoms with E-state index >= 15 is 4.39 Å². The molecular formula is C28H37FN4O3. The number of halogens is 1. The smallest absolute Gasteiger partial charge is 0.410 e. The van der Waals surface area contributed by atoms with Crippen molar-refractivity contribution < 1.29 is 18.7 Å². The zero-order valence-electron chi connectivity index (χ0n) is 22.0. The molecule has 7 nitrogen and oxygen atoms in total. The number of likely N-dealkylation sites (tertiary alicyclic amines) is 1. The number of nitrogen functional groups attached to an aromatic ring is 1. The number of hydrogen-bond donors (Lipinski definition) is 2. The molecule has 36 heavy (non-hydrogen) atoms. The maximum absolute atomic E-state index is 15.9. The zero-order chi connectivity index (χ0) is 26.7. The lowest BCUT2D eigenvalue weighted by Gasteiger charge is -2.38. The number of amides is 2. The molecule has 194 valence electrons. The molecular weight excluding hydrogens is 459 g/mol. The van der Waals surface area contributed by atoms with Crippen LogP contribution in [0.15, 0.2) is 47.5 Å². The van der Waals surface area contributed by atoms with Gasteiger partial charge in [-0.1, -0.05) is 24.3 Å². The Balaban J connectivity index is 1.73. The van der Waals surface area contributed by atoms with Crippen molar-refractivity contribution >= 4 is 29.6 Å². The van der Waals surface area contributed by atoms with E-state index in [4.69, 9.17) is 10.5 Å². The molecule has 0 aromatic heterocycles. The standard InChI is InChI=1S/C28H37FN4O3/c1-26(2,3)32-24(34)22-10-7-9-19(23(22)30)17-31-21-13-11-20(12-14-21)28(29)15-8-16-33(18-28)25(35)36-27(4,5)6/h7,9-14,17H,8,15-16,18,30H2,1-6H3,(H,32,34). The Hall–Kier alpha value is -3.42. The van der Waals surface area contributed by atoms with Crippen molar-refractivity contribution in [3.63, 3.8) is 0 Å². The van der Waals surface area contributed by atoms with Crippen molar-refractivity contribution in [3.05, 3.63) is 59.2 Å². The Morgan fingerprint density at radius 2 is 1.78 bits per heavy atom. The number of para-hydroxylation sites is 1. The highest BCUT2D eigenvalue weighted by Gasteiger charge is 2.40. The number of aliphatic imine (C=N–C) groups is 1. The number of benzene rings is 2. The fourth-order valence-corrected chi connectivity index (χ4v) is 4.02. The number of carbonyl (C=O) groups is 2. The molecule has 1 heterocycles. The molecule has 8 heteroatoms. The maximum atomic E-state index is 15.9. The highest BCUT2D eigenvalue weighted by Crippen LogP contribution is 2.37. The number of carbonyl (C=O) groups excluding carboxylic acids is 2. The molecule has 1 aliphatic heterocycles. The van der Waals surface area contributed by atoms with Crippen LogP contribution in [0.4, 0.5) is 20.6 Å². The predicted molar refractivity (Wildman–Crippen MR) is 142 cm³/mol. The third-order valence-electron chi connectivity index (χ3n) is 5.70. The van der Waals surface area contributed by atoms with Gasteiger partial charge < -0.3 is 20.7 Å². The fraction of sp³-hybridized carbons (Fsp3) is 0.464. The first-order chi connectivity index (χ1) is 16.7. The first-order valence-electron chi connectivity index (χ1n) is 12.2. The van der Waals surface area contributed by atoms with Crippen LogP contribution in [0.25, 0.3) is 0 Å². The molecule has 1 aliphatic rings. The van der Waals surface area contributed by atoms with Crippen molar-refractivity contribution in [3.8, 4) is 0 Å². The summed E-state index contributed by atoms with van der Waals surface area (Å²) in [5.41, 5.74) is 6.02. The lowest BCUT2D eigenvalue weighted by Crippen LogP contribution is -2.48. The van der Waals surface area contributed by atoms with Crippen LogP contribution in [0.2, 0.25) is 0 Å². The van der Waals surface area contributed by atoms with Gasteiger partial charge in [-0.15, -0.1) is 0 Å². The Labute approximate surface area is 212 Å². The van der Waals surface area contributed by atoms with Gasteiger partial charge in [-0.3, -0.25) is 9.79 Å². The summed E-state index contributed by atoms with van der Waals surface area (Å²) in [6.07, 6.45) is 1.97. The monoisotopic (exact) mass is 496 g/mol. The number of ether oxygens (including phenoxy) is 1. The third-order valence-corrected chi connectivity index (χ3v) is 5.70. The molecule has 0 saturated carbocycles. The van der Waals surface area contributed by atoms with E-state index in [0.29, 0.717) is 47.5 Å². The number of alkyl halides is 1. The zero-order valence-corrected chi connectivity index (χ0v) is 22.0. The number of rotatable bonds is 4. The van der Waals surface area contributed by atoms with E-state index in [1.165, 1.54) is 4.90 Å². The summed E-state index contributed by atoms with van der Waals surface area (Å²) < 4.78 is 21.3. The van der Waals surface area contributed by atoms with E-state index in [1.54, 1.807) is 69.5 Å². The van der Waals surface area contributed by atoms with Gasteiger partial charge in [-0.2, -0.15) is 0 Å². The summed E-state index contributed by atoms with van der Waals surface area (Å²) in [6.45, 7) is 11.5. The Kier molecular flexibility index (Phi) is 7.76. The quantitative estimate of drug-likeness (QED) is 0.416. The SMILES string of the molecule is CC(C)(C)NC(=O)c1cccc(C=Nc2ccc(C3(F)CCCN(C(=O)OC(C)(C)C)C3)cc2)c1N. The minimum atomic E-state index is -1.66. The van der Waals surface area contributed by atoms with Gasteiger partial charge in [0.25, 0.3) is 5.91 Å². The minimum absolute atomic E-state index is 0.0511. The van der Waals surface area contributed by atoms with Crippen LogP contribution in [-0.2, 0) is 10.4 Å². The van der Waals surface area contributed by atoms with Gasteiger partial charge in [0.2, 0.25) is 0 Å². The second kappa shape index (κ2) is 10.3. The van der Waals surface area contributed by atoms with Crippen LogP contribution < -0.4 is 11.1 Å². The molecule has 1 atom stereocenters. The van der Waals surface area contributed by atoms with Crippen LogP contribution in [0.3, 0.4) is 0 Å². The van der Waals surface area contributed by atoms with Gasteiger partial charge in [0.05, 0.1) is 23.5 Å². The lowest BCUT2D eigenvalue weighted by molar-refractivity contribution is -0.00665. The van der Waals surface area contributed by atoms with Crippen molar-refractivity contribution in [2.24, 2.45) is 4.99 Å². The molecule has 2 aromatic rings. The Morgan fingerprint density at radius 1 is 1.11 bits per heavy atom. The lowest BCUT2D eigenvalue weighted by atomic mass is 9.87. The van der Waals surface area contributed by atoms with E-state index < -0.39 is 17.4 Å². The topological polar surface area (TPSA) is 97.0 Å². The van der Waals surface area contributed by atoms with Gasteiger partial charge in [-0.05, 0) is 78.1 Å². The summed E-state index contributed by atoms with van der Waals surface area (Å²) in [4.78, 5) is 30.9. The molecule has 3 N–H and O–H groups in total. The van der Waals surface area contributed by atoms with Crippen LogP contribution in [0.5, 0.6) is 0 Å². The van der Waals surface area contributed by atoms with Crippen molar-refractivity contribution in [2.75, 3.05) is 18.8 Å². The fourth-order valence-electron chi connectivity index (χ4n) is 4.02. The summed E-state index contributed by atoms with van der Waals surface area (Å²) in [5.74, 6) is -0.249. The number of nitrogens with two attached hydrogens (primary N) is 1. The second-order valence-electron chi connectivity index (χ2n) is 11.3. The molecule has 0 aliphatic carbocycles. The van der Waals surface area contributed by atoms with Gasteiger partial charge in [0, 0.05) is 23.9 Å². The van der Waals surface area contributed by atoms with Gasteiger partial charge >= 0.3 is 6.09 Å². The second-order valence-corrected chi connectivity index (χ2v) is 11.3. The van der Waals surface area contributed by atoms with Gasteiger partial charge in [0.1, 0.15) is 5.60 Å². The van der Waals surface area contributed by atoms with Gasteiger partial charge in [0.15, 0.2) is 5.67 Å². The van der Waals surface area contributed by atoms with Crippen LogP contribution in [0.1, 0.15) is 75.9 Å². The van der Waals surface area contributed by atoms with Gasteiger partial charge in [-0.25, -0.2) is 9.18 Å². The normalized spacial score (nSPS) is 18.8. The molecule has 2 aromatic carbocycles. The molecule has 3 rings (SSSR count). The highest BCUT2D eigenvalue weighted by molar-refractivity contribution is 6.03. The van der Waals surface area contributed by atoms with Crippen LogP contribution in [0, 0.1) is 0 Å². The molecule has 1 saturated heterocycles. The van der Waals surface area contributed by atoms with Crippen LogP contribution in [-0.4, -0.2) is 47.3 Å². The maximum Gasteiger partial charge on any atom is 0.410 e. The molecule has 0 spiro atoms. The first kappa shape index (κ1) is 27.2. The van der Waals surface area contributed by atoms with E-state index in [0.717, 1.165) is 0 Å². The number of piperidine rings is 1. The van der Waals surface area contributed by atoms with Crippen molar-refractivity contribution in [2.45, 2.75) is 71.2 Å². The molecule has 1 fully saturated rings. The number of anilines is 1. The number of nitrogens with one attached hydrogen (secondary N) is 1. The highest BCUT2D eigenvalue weighted by atomic mass is 19.1. The molecule has 0 bridgehead atoms. The summed E-state index contributed by atoms with van der Waals surface area (Å²) in [6, 6.07) is 12.1. The van der Waals surface area contributed by atoms with E-state index in [-0.39, 0.29) is 18.0 Å². The average Bonchev–Trinajstić information content (AvgIpc) is 2.76. The number of hydrogen-bond acceptors (Lipinski definition) is 5. The average molecular weight is 497 g/mol. The summed E-state index contributed by atoms with van der Waals surface area (Å²) in [5, 5.41) is 2.91. The summed E-state index contributed by atoms with van der Waals surface area (Å²) >= 11 is 0.